The molecule has 8 atom stereocenters. The van der Waals surface area contributed by atoms with Crippen LogP contribution >= 0.6 is 0 Å². The van der Waals surface area contributed by atoms with Crippen molar-refractivity contribution in [2.24, 2.45) is 25.9 Å². The lowest BCUT2D eigenvalue weighted by Crippen LogP contribution is -2.46. The maximum absolute atomic E-state index is 12.7. The minimum atomic E-state index is -0.755. The second-order valence-electron chi connectivity index (χ2n) is 20.7. The highest BCUT2D eigenvalue weighted by atomic mass is 16.6. The Morgan fingerprint density at radius 2 is 1.05 bits per heavy atom. The smallest absolute Gasteiger partial charge is 0.410 e. The van der Waals surface area contributed by atoms with Crippen molar-refractivity contribution < 1.29 is 57.4 Å². The lowest BCUT2D eigenvalue weighted by molar-refractivity contribution is -0.154. The number of esters is 1. The van der Waals surface area contributed by atoms with E-state index in [0.29, 0.717) is 62.6 Å². The number of likely N-dealkylation sites (tertiary alicyclic amines) is 2. The fourth-order valence-corrected chi connectivity index (χ4v) is 10.9. The first kappa shape index (κ1) is 51.6. The highest BCUT2D eigenvalue weighted by Crippen LogP contribution is 2.35. The normalized spacial score (nSPS) is 25.4. The van der Waals surface area contributed by atoms with Crippen LogP contribution in [0.25, 0.3) is 22.5 Å². The summed E-state index contributed by atoms with van der Waals surface area (Å²) in [6.07, 6.45) is 13.2. The number of nitrogens with zero attached hydrogens (tertiary/aromatic N) is 8. The van der Waals surface area contributed by atoms with Crippen LogP contribution in [0.3, 0.4) is 0 Å². The third-order valence-electron chi connectivity index (χ3n) is 14.9. The summed E-state index contributed by atoms with van der Waals surface area (Å²) >= 11 is 0. The Labute approximate surface area is 425 Å². The second-order valence-corrected chi connectivity index (χ2v) is 20.7. The summed E-state index contributed by atoms with van der Waals surface area (Å²) in [6.45, 7) is 10.0. The van der Waals surface area contributed by atoms with E-state index >= 15 is 0 Å². The Bertz CT molecular complexity index is 2590. The molecular formula is C53H70N8O12. The Morgan fingerprint density at radius 1 is 0.630 bits per heavy atom. The number of morpholine rings is 2. The van der Waals surface area contributed by atoms with Gasteiger partial charge in [0, 0.05) is 25.2 Å². The SMILES string of the molecule is Cc1nc(-c2cnn(C)c2COC(=O)N2CC3CCC(C2)O3)ccc1O[C@H]1CCC[C@H](C(=O)O)C1.Cc1nc(-c2cnn(C)c2COC(=O)N2CC3CCC(C2)O3)ccc1O[C@H]1CCC[C@H](C(=O)OC(C)C)C1. The number of carbonyl (C=O) groups is 4. The molecule has 0 radical (unpaired) electrons. The third-order valence-corrected chi connectivity index (χ3v) is 14.9. The molecule has 20 heteroatoms. The second kappa shape index (κ2) is 22.9. The van der Waals surface area contributed by atoms with Crippen LogP contribution in [-0.2, 0) is 60.6 Å². The molecule has 0 aromatic carbocycles. The van der Waals surface area contributed by atoms with Gasteiger partial charge in [0.15, 0.2) is 0 Å². The van der Waals surface area contributed by atoms with Gasteiger partial charge in [-0.3, -0.25) is 19.0 Å². The Hall–Kier alpha value is -6.28. The van der Waals surface area contributed by atoms with Crippen LogP contribution in [0.1, 0.15) is 114 Å². The first-order valence-electron chi connectivity index (χ1n) is 26.0. The number of carboxylic acids is 1. The van der Waals surface area contributed by atoms with Crippen molar-refractivity contribution in [2.45, 2.75) is 161 Å². The Morgan fingerprint density at radius 3 is 1.47 bits per heavy atom. The molecule has 73 heavy (non-hydrogen) atoms. The predicted molar refractivity (Wildman–Crippen MR) is 263 cm³/mol. The summed E-state index contributed by atoms with van der Waals surface area (Å²) in [4.78, 5) is 62.1. The molecule has 4 saturated heterocycles. The Balaban J connectivity index is 0.000000180. The zero-order valence-electron chi connectivity index (χ0n) is 42.9. The van der Waals surface area contributed by atoms with Gasteiger partial charge in [0.2, 0.25) is 0 Å². The zero-order valence-corrected chi connectivity index (χ0v) is 42.9. The van der Waals surface area contributed by atoms with E-state index in [4.69, 9.17) is 43.1 Å². The van der Waals surface area contributed by atoms with Crippen molar-refractivity contribution in [1.82, 2.24) is 39.3 Å². The Kier molecular flexibility index (Phi) is 16.2. The molecule has 20 nitrogen and oxygen atoms in total. The van der Waals surface area contributed by atoms with Crippen LogP contribution in [-0.4, -0.2) is 137 Å². The van der Waals surface area contributed by atoms with E-state index < -0.39 is 5.97 Å². The maximum Gasteiger partial charge on any atom is 0.410 e. The molecule has 4 bridgehead atoms. The predicted octanol–water partition coefficient (Wildman–Crippen LogP) is 7.49. The van der Waals surface area contributed by atoms with E-state index in [1.165, 1.54) is 0 Å². The van der Waals surface area contributed by atoms with E-state index in [0.717, 1.165) is 97.4 Å². The first-order chi connectivity index (χ1) is 35.1. The van der Waals surface area contributed by atoms with Gasteiger partial charge in [-0.2, -0.15) is 10.2 Å². The minimum absolute atomic E-state index is 0.0522. The molecule has 4 aliphatic heterocycles. The summed E-state index contributed by atoms with van der Waals surface area (Å²) in [7, 11) is 3.64. The van der Waals surface area contributed by atoms with Crippen molar-refractivity contribution in [3.05, 3.63) is 59.4 Å². The van der Waals surface area contributed by atoms with Crippen LogP contribution in [0.15, 0.2) is 36.7 Å². The molecule has 0 spiro atoms. The number of rotatable bonds is 13. The minimum Gasteiger partial charge on any atom is -0.489 e. The van der Waals surface area contributed by atoms with Gasteiger partial charge in [0.05, 0.1) is 127 Å². The van der Waals surface area contributed by atoms with Crippen molar-refractivity contribution in [3.63, 3.8) is 0 Å². The summed E-state index contributed by atoms with van der Waals surface area (Å²) in [6, 6.07) is 7.55. The highest BCUT2D eigenvalue weighted by Gasteiger charge is 2.38. The molecule has 6 fully saturated rings. The number of carboxylic acid groups (broad SMARTS) is 1. The third kappa shape index (κ3) is 12.6. The molecular weight excluding hydrogens is 941 g/mol. The molecule has 8 heterocycles. The van der Waals surface area contributed by atoms with E-state index in [1.54, 1.807) is 31.6 Å². The van der Waals surface area contributed by atoms with Crippen molar-refractivity contribution in [2.75, 3.05) is 26.2 Å². The van der Waals surface area contributed by atoms with E-state index in [9.17, 15) is 24.3 Å². The number of aromatic nitrogens is 6. The summed E-state index contributed by atoms with van der Waals surface area (Å²) in [5.41, 5.74) is 6.05. The van der Waals surface area contributed by atoms with E-state index in [-0.39, 0.29) is 85.9 Å². The van der Waals surface area contributed by atoms with Gasteiger partial charge in [-0.15, -0.1) is 0 Å². The summed E-state index contributed by atoms with van der Waals surface area (Å²) in [5.74, 6) is -0.0100. The molecule has 6 aliphatic rings. The largest absolute Gasteiger partial charge is 0.489 e. The van der Waals surface area contributed by atoms with Gasteiger partial charge in [0.1, 0.15) is 24.7 Å². The number of aliphatic carboxylic acids is 1. The molecule has 10 rings (SSSR count). The van der Waals surface area contributed by atoms with E-state index in [1.807, 2.05) is 66.1 Å². The number of pyridine rings is 2. The van der Waals surface area contributed by atoms with Crippen molar-refractivity contribution in [1.29, 1.82) is 0 Å². The van der Waals surface area contributed by atoms with Crippen LogP contribution in [0.4, 0.5) is 9.59 Å². The fraction of sp³-hybridized carbons (Fsp3) is 0.623. The van der Waals surface area contributed by atoms with E-state index in [2.05, 4.69) is 10.2 Å². The topological polar surface area (TPSA) is 221 Å². The standard InChI is InChI=1S/C28H38N4O6.C25H32N4O6/c1-17(2)36-27(33)19-6-5-7-20(12-19)38-26-11-10-24(30-18(26)3)23-13-29-31(4)25(23)16-35-28(34)32-14-21-8-9-22(15-32)37-21;1-15-23(35-17-5-3-4-16(10-17)24(30)31)9-8-21(27-15)20-11-26-28(2)22(20)14-33-25(32)29-12-18-6-7-19(13-29)34-18/h10-11,13,17,19-22H,5-9,12,14-16H2,1-4H3;8-9,11,16-19H,3-7,10,12-14H2,1-2H3,(H,30,31)/t19-,20-,21?,22?;16-,17-,18?,19?/m00/s1. The molecule has 394 valence electrons. The number of ether oxygens (including phenoxy) is 7. The molecule has 2 aliphatic carbocycles. The van der Waals surface area contributed by atoms with Gasteiger partial charge in [-0.25, -0.2) is 19.6 Å². The lowest BCUT2D eigenvalue weighted by atomic mass is 9.87. The van der Waals surface area contributed by atoms with Crippen LogP contribution in [0.2, 0.25) is 0 Å². The van der Waals surface area contributed by atoms with Crippen LogP contribution in [0, 0.1) is 25.7 Å². The number of amides is 2. The molecule has 4 aromatic heterocycles. The highest BCUT2D eigenvalue weighted by molar-refractivity contribution is 5.73. The first-order valence-corrected chi connectivity index (χ1v) is 26.0. The average Bonchev–Trinajstić information content (AvgIpc) is 4.14. The molecule has 2 amide bonds. The quantitative estimate of drug-likeness (QED) is 0.101. The van der Waals surface area contributed by atoms with Crippen LogP contribution < -0.4 is 9.47 Å². The zero-order chi connectivity index (χ0) is 51.3. The van der Waals surface area contributed by atoms with Crippen molar-refractivity contribution >= 4 is 24.1 Å². The molecule has 4 unspecified atom stereocenters. The lowest BCUT2D eigenvalue weighted by Gasteiger charge is -2.31. The fourth-order valence-electron chi connectivity index (χ4n) is 10.9. The van der Waals surface area contributed by atoms with Gasteiger partial charge in [0.25, 0.3) is 0 Å². The van der Waals surface area contributed by atoms with Crippen LogP contribution in [0.5, 0.6) is 11.5 Å². The maximum atomic E-state index is 12.7. The molecule has 1 N–H and O–H groups in total. The monoisotopic (exact) mass is 1010 g/mol. The summed E-state index contributed by atoms with van der Waals surface area (Å²) in [5, 5.41) is 18.1. The molecule has 4 aromatic rings. The molecule has 2 saturated carbocycles. The van der Waals surface area contributed by atoms with Gasteiger partial charge < -0.3 is 48.1 Å². The number of carbonyl (C=O) groups excluding carboxylic acids is 3. The van der Waals surface area contributed by atoms with Gasteiger partial charge in [-0.05, 0) is 129 Å². The number of hydrogen-bond acceptors (Lipinski definition) is 15. The number of hydrogen-bond donors (Lipinski definition) is 1. The van der Waals surface area contributed by atoms with Gasteiger partial charge in [-0.1, -0.05) is 0 Å². The average molecular weight is 1010 g/mol. The summed E-state index contributed by atoms with van der Waals surface area (Å²) < 4.78 is 44.2. The number of aryl methyl sites for hydroxylation is 4. The van der Waals surface area contributed by atoms with Crippen molar-refractivity contribution in [3.8, 4) is 34.0 Å². The van der Waals surface area contributed by atoms with Gasteiger partial charge >= 0.3 is 24.1 Å². The number of fused-ring (bicyclic) bond motifs is 4.